The molecule has 1 heterocycles. The first-order valence-electron chi connectivity index (χ1n) is 8.37. The predicted molar refractivity (Wildman–Crippen MR) is 96.9 cm³/mol. The molecule has 0 aliphatic carbocycles. The van der Waals surface area contributed by atoms with Crippen molar-refractivity contribution in [1.82, 2.24) is 14.9 Å². The summed E-state index contributed by atoms with van der Waals surface area (Å²) in [5.41, 5.74) is 2.74. The average Bonchev–Trinajstić information content (AvgIpc) is 2.94. The van der Waals surface area contributed by atoms with Gasteiger partial charge in [0.2, 0.25) is 0 Å². The minimum Gasteiger partial charge on any atom is -0.342 e. The van der Waals surface area contributed by atoms with Gasteiger partial charge in [0, 0.05) is 12.1 Å². The molecule has 3 aromatic rings. The summed E-state index contributed by atoms with van der Waals surface area (Å²) in [6.45, 7) is 7.23. The second-order valence-electron chi connectivity index (χ2n) is 6.52. The Morgan fingerprint density at radius 2 is 1.71 bits per heavy atom. The first-order valence-corrected chi connectivity index (χ1v) is 8.37. The second kappa shape index (κ2) is 6.87. The van der Waals surface area contributed by atoms with Crippen molar-refractivity contribution in [2.24, 2.45) is 5.92 Å². The molecule has 0 aliphatic rings. The Balaban J connectivity index is 1.91. The van der Waals surface area contributed by atoms with E-state index in [0.29, 0.717) is 11.5 Å². The van der Waals surface area contributed by atoms with Gasteiger partial charge in [-0.3, -0.25) is 4.79 Å². The maximum absolute atomic E-state index is 12.4. The lowest BCUT2D eigenvalue weighted by molar-refractivity contribution is 0.0937. The van der Waals surface area contributed by atoms with Crippen LogP contribution in [0.15, 0.2) is 54.6 Å². The summed E-state index contributed by atoms with van der Waals surface area (Å²) in [5.74, 6) is 1.32. The molecule has 24 heavy (non-hydrogen) atoms. The molecule has 4 heteroatoms. The van der Waals surface area contributed by atoms with E-state index in [0.717, 1.165) is 23.4 Å². The first-order chi connectivity index (χ1) is 11.6. The van der Waals surface area contributed by atoms with E-state index in [1.165, 1.54) is 0 Å². The van der Waals surface area contributed by atoms with Gasteiger partial charge in [-0.05, 0) is 37.1 Å². The van der Waals surface area contributed by atoms with E-state index in [4.69, 9.17) is 4.98 Å². The van der Waals surface area contributed by atoms with Crippen LogP contribution < -0.4 is 5.32 Å². The second-order valence-corrected chi connectivity index (χ2v) is 6.52. The molecular formula is C20H23N3O. The van der Waals surface area contributed by atoms with Crippen LogP contribution in [0.25, 0.3) is 11.0 Å². The third-order valence-corrected chi connectivity index (χ3v) is 4.00. The van der Waals surface area contributed by atoms with Crippen molar-refractivity contribution in [3.8, 4) is 0 Å². The van der Waals surface area contributed by atoms with Crippen molar-refractivity contribution in [3.63, 3.8) is 0 Å². The summed E-state index contributed by atoms with van der Waals surface area (Å²) in [4.78, 5) is 17.2. The molecule has 1 atom stereocenters. The molecule has 1 aromatic heterocycles. The molecule has 1 unspecified atom stereocenters. The Labute approximate surface area is 142 Å². The van der Waals surface area contributed by atoms with Crippen LogP contribution in [0.2, 0.25) is 0 Å². The van der Waals surface area contributed by atoms with Gasteiger partial charge in [0.05, 0.1) is 17.1 Å². The molecule has 2 aromatic carbocycles. The van der Waals surface area contributed by atoms with E-state index in [2.05, 4.69) is 29.8 Å². The first kappa shape index (κ1) is 16.2. The maximum atomic E-state index is 12.4. The summed E-state index contributed by atoms with van der Waals surface area (Å²) in [6.07, 6.45) is 0. The Morgan fingerprint density at radius 1 is 1.04 bits per heavy atom. The number of carbonyl (C=O) groups is 1. The van der Waals surface area contributed by atoms with E-state index >= 15 is 0 Å². The Kier molecular flexibility index (Phi) is 4.65. The van der Waals surface area contributed by atoms with E-state index in [1.807, 2.05) is 55.5 Å². The molecule has 4 nitrogen and oxygen atoms in total. The van der Waals surface area contributed by atoms with Crippen molar-refractivity contribution < 1.29 is 4.79 Å². The SMILES string of the molecule is CC(C)Cn1c(C(C)NC(=O)c2ccccc2)nc2ccccc21. The van der Waals surface area contributed by atoms with Crippen LogP contribution in [0.1, 0.15) is 43.0 Å². The molecule has 0 saturated carbocycles. The highest BCUT2D eigenvalue weighted by Gasteiger charge is 2.19. The predicted octanol–water partition coefficient (Wildman–Crippen LogP) is 4.18. The molecule has 0 fully saturated rings. The Bertz CT molecular complexity index is 836. The molecule has 1 amide bonds. The fourth-order valence-electron chi connectivity index (χ4n) is 2.92. The quantitative estimate of drug-likeness (QED) is 0.766. The zero-order valence-corrected chi connectivity index (χ0v) is 14.4. The highest BCUT2D eigenvalue weighted by Crippen LogP contribution is 2.22. The minimum absolute atomic E-state index is 0.0775. The normalized spacial score (nSPS) is 12.5. The average molecular weight is 321 g/mol. The number of nitrogens with zero attached hydrogens (tertiary/aromatic N) is 2. The number of hydrogen-bond donors (Lipinski definition) is 1. The fraction of sp³-hybridized carbons (Fsp3) is 0.300. The van der Waals surface area contributed by atoms with Crippen LogP contribution >= 0.6 is 0 Å². The Hall–Kier alpha value is -2.62. The van der Waals surface area contributed by atoms with Gasteiger partial charge in [0.1, 0.15) is 5.82 Å². The third kappa shape index (κ3) is 3.32. The summed E-state index contributed by atoms with van der Waals surface area (Å²) in [7, 11) is 0. The number of fused-ring (bicyclic) bond motifs is 1. The van der Waals surface area contributed by atoms with Gasteiger partial charge in [-0.2, -0.15) is 0 Å². The molecule has 0 aliphatic heterocycles. The van der Waals surface area contributed by atoms with Crippen molar-refractivity contribution in [2.45, 2.75) is 33.4 Å². The van der Waals surface area contributed by atoms with Crippen LogP contribution in [-0.2, 0) is 6.54 Å². The van der Waals surface area contributed by atoms with Gasteiger partial charge in [-0.15, -0.1) is 0 Å². The summed E-state index contributed by atoms with van der Waals surface area (Å²) in [6, 6.07) is 17.2. The summed E-state index contributed by atoms with van der Waals surface area (Å²) >= 11 is 0. The largest absolute Gasteiger partial charge is 0.342 e. The van der Waals surface area contributed by atoms with Gasteiger partial charge in [0.15, 0.2) is 0 Å². The molecule has 0 saturated heterocycles. The van der Waals surface area contributed by atoms with Crippen LogP contribution in [-0.4, -0.2) is 15.5 Å². The van der Waals surface area contributed by atoms with Gasteiger partial charge >= 0.3 is 0 Å². The number of hydrogen-bond acceptors (Lipinski definition) is 2. The number of rotatable bonds is 5. The van der Waals surface area contributed by atoms with E-state index < -0.39 is 0 Å². The summed E-state index contributed by atoms with van der Waals surface area (Å²) < 4.78 is 2.22. The number of para-hydroxylation sites is 2. The van der Waals surface area contributed by atoms with Crippen molar-refractivity contribution in [3.05, 3.63) is 66.0 Å². The van der Waals surface area contributed by atoms with Gasteiger partial charge in [-0.1, -0.05) is 44.2 Å². The van der Waals surface area contributed by atoms with Crippen molar-refractivity contribution >= 4 is 16.9 Å². The number of imidazole rings is 1. The number of nitrogens with one attached hydrogen (secondary N) is 1. The van der Waals surface area contributed by atoms with Crippen LogP contribution in [0.4, 0.5) is 0 Å². The van der Waals surface area contributed by atoms with Gasteiger partial charge in [-0.25, -0.2) is 4.98 Å². The van der Waals surface area contributed by atoms with Gasteiger partial charge < -0.3 is 9.88 Å². The smallest absolute Gasteiger partial charge is 0.251 e. The monoisotopic (exact) mass is 321 g/mol. The van der Waals surface area contributed by atoms with Crippen molar-refractivity contribution in [1.29, 1.82) is 0 Å². The molecule has 0 bridgehead atoms. The van der Waals surface area contributed by atoms with E-state index in [9.17, 15) is 4.79 Å². The van der Waals surface area contributed by atoms with Crippen LogP contribution in [0.5, 0.6) is 0 Å². The lowest BCUT2D eigenvalue weighted by Crippen LogP contribution is -2.29. The molecule has 0 radical (unpaired) electrons. The fourth-order valence-corrected chi connectivity index (χ4v) is 2.92. The zero-order valence-electron chi connectivity index (χ0n) is 14.4. The standard InChI is InChI=1S/C20H23N3O/c1-14(2)13-23-18-12-8-7-11-17(18)22-19(23)15(3)21-20(24)16-9-5-4-6-10-16/h4-12,14-15H,13H2,1-3H3,(H,21,24). The molecule has 3 rings (SSSR count). The van der Waals surface area contributed by atoms with E-state index in [1.54, 1.807) is 0 Å². The molecular weight excluding hydrogens is 298 g/mol. The molecule has 0 spiro atoms. The number of benzene rings is 2. The lowest BCUT2D eigenvalue weighted by Gasteiger charge is -2.17. The molecule has 124 valence electrons. The summed E-state index contributed by atoms with van der Waals surface area (Å²) in [5, 5.41) is 3.06. The van der Waals surface area contributed by atoms with Gasteiger partial charge in [0.25, 0.3) is 5.91 Å². The topological polar surface area (TPSA) is 46.9 Å². The third-order valence-electron chi connectivity index (χ3n) is 4.00. The maximum Gasteiger partial charge on any atom is 0.251 e. The number of aromatic nitrogens is 2. The highest BCUT2D eigenvalue weighted by molar-refractivity contribution is 5.94. The van der Waals surface area contributed by atoms with E-state index in [-0.39, 0.29) is 11.9 Å². The number of amides is 1. The number of carbonyl (C=O) groups excluding carboxylic acids is 1. The van der Waals surface area contributed by atoms with Crippen molar-refractivity contribution in [2.75, 3.05) is 0 Å². The van der Waals surface area contributed by atoms with Crippen LogP contribution in [0, 0.1) is 5.92 Å². The van der Waals surface area contributed by atoms with Crippen LogP contribution in [0.3, 0.4) is 0 Å². The molecule has 1 N–H and O–H groups in total. The Morgan fingerprint density at radius 3 is 2.42 bits per heavy atom. The minimum atomic E-state index is -0.163. The zero-order chi connectivity index (χ0) is 17.1. The lowest BCUT2D eigenvalue weighted by atomic mass is 10.2. The highest BCUT2D eigenvalue weighted by atomic mass is 16.1.